The topological polar surface area (TPSA) is 37.6 Å². The second-order valence-corrected chi connectivity index (χ2v) is 7.60. The van der Waals surface area contributed by atoms with Gasteiger partial charge in [0.1, 0.15) is 18.1 Å². The number of furan rings is 1. The summed E-state index contributed by atoms with van der Waals surface area (Å²) >= 11 is 0. The van der Waals surface area contributed by atoms with Crippen LogP contribution in [0.25, 0.3) is 0 Å². The summed E-state index contributed by atoms with van der Waals surface area (Å²) in [6.45, 7) is 14.8. The number of ether oxygens (including phenoxy) is 1. The van der Waals surface area contributed by atoms with E-state index in [2.05, 4.69) is 65.0 Å². The van der Waals surface area contributed by atoms with Gasteiger partial charge in [-0.1, -0.05) is 0 Å². The first-order valence-electron chi connectivity index (χ1n) is 7.60. The van der Waals surface area contributed by atoms with Crippen molar-refractivity contribution in [3.05, 3.63) is 23.2 Å². The summed E-state index contributed by atoms with van der Waals surface area (Å²) in [4.78, 5) is 2.17. The standard InChI is InChI=1S/C17H32N2O2/c1-13-14(10-18-16(2,3)4)9-15(21-13)11-20-12-17(5,6)19(7)8/h9,18H,10-12H2,1-8H3. The predicted octanol–water partition coefficient (Wildman–Crippen LogP) is 3.33. The van der Waals surface area contributed by atoms with Crippen molar-refractivity contribution < 1.29 is 9.15 Å². The molecule has 4 heteroatoms. The minimum absolute atomic E-state index is 0.0260. The second-order valence-electron chi connectivity index (χ2n) is 7.60. The Morgan fingerprint density at radius 2 is 1.81 bits per heavy atom. The van der Waals surface area contributed by atoms with Gasteiger partial charge in [0.25, 0.3) is 0 Å². The lowest BCUT2D eigenvalue weighted by Crippen LogP contribution is -2.42. The van der Waals surface area contributed by atoms with Gasteiger partial charge in [-0.05, 0) is 61.7 Å². The largest absolute Gasteiger partial charge is 0.464 e. The number of likely N-dealkylation sites (N-methyl/N-ethyl adjacent to an activating group) is 1. The van der Waals surface area contributed by atoms with Crippen molar-refractivity contribution in [3.8, 4) is 0 Å². The zero-order valence-corrected chi connectivity index (χ0v) is 15.0. The lowest BCUT2D eigenvalue weighted by atomic mass is 10.1. The smallest absolute Gasteiger partial charge is 0.130 e. The molecule has 0 bridgehead atoms. The molecule has 0 aromatic carbocycles. The van der Waals surface area contributed by atoms with Crippen molar-refractivity contribution in [1.82, 2.24) is 10.2 Å². The van der Waals surface area contributed by atoms with Gasteiger partial charge in [-0.25, -0.2) is 0 Å². The molecule has 1 aromatic heterocycles. The monoisotopic (exact) mass is 296 g/mol. The van der Waals surface area contributed by atoms with Gasteiger partial charge < -0.3 is 19.4 Å². The molecule has 0 atom stereocenters. The Labute approximate surface area is 129 Å². The zero-order chi connectivity index (χ0) is 16.3. The van der Waals surface area contributed by atoms with Crippen LogP contribution >= 0.6 is 0 Å². The van der Waals surface area contributed by atoms with E-state index in [0.29, 0.717) is 13.2 Å². The molecule has 4 nitrogen and oxygen atoms in total. The predicted molar refractivity (Wildman–Crippen MR) is 87.5 cm³/mol. The van der Waals surface area contributed by atoms with Crippen LogP contribution in [0.5, 0.6) is 0 Å². The van der Waals surface area contributed by atoms with Gasteiger partial charge in [-0.2, -0.15) is 0 Å². The number of nitrogens with one attached hydrogen (secondary N) is 1. The summed E-state index contributed by atoms with van der Waals surface area (Å²) in [5.41, 5.74) is 1.34. The molecule has 0 aliphatic rings. The highest BCUT2D eigenvalue weighted by Gasteiger charge is 2.21. The van der Waals surface area contributed by atoms with Gasteiger partial charge >= 0.3 is 0 Å². The van der Waals surface area contributed by atoms with Gasteiger partial charge in [-0.15, -0.1) is 0 Å². The first kappa shape index (κ1) is 18.2. The molecule has 0 aliphatic carbocycles. The van der Waals surface area contributed by atoms with Crippen LogP contribution in [-0.4, -0.2) is 36.7 Å². The summed E-state index contributed by atoms with van der Waals surface area (Å²) in [5.74, 6) is 1.87. The van der Waals surface area contributed by atoms with Crippen LogP contribution in [0.3, 0.4) is 0 Å². The van der Waals surface area contributed by atoms with Crippen molar-refractivity contribution in [2.45, 2.75) is 65.8 Å². The third-order valence-corrected chi connectivity index (χ3v) is 3.79. The van der Waals surface area contributed by atoms with Gasteiger partial charge in [0, 0.05) is 23.2 Å². The molecule has 0 radical (unpaired) electrons. The van der Waals surface area contributed by atoms with Crippen LogP contribution in [0.2, 0.25) is 0 Å². The van der Waals surface area contributed by atoms with E-state index in [1.165, 1.54) is 5.56 Å². The summed E-state index contributed by atoms with van der Waals surface area (Å²) in [6.07, 6.45) is 0. The molecule has 122 valence electrons. The van der Waals surface area contributed by atoms with Crippen LogP contribution in [-0.2, 0) is 17.9 Å². The first-order chi connectivity index (χ1) is 9.51. The Balaban J connectivity index is 2.51. The maximum Gasteiger partial charge on any atom is 0.130 e. The molecule has 0 unspecified atom stereocenters. The molecule has 1 N–H and O–H groups in total. The van der Waals surface area contributed by atoms with Gasteiger partial charge in [0.05, 0.1) is 6.61 Å². The van der Waals surface area contributed by atoms with E-state index in [0.717, 1.165) is 18.1 Å². The van der Waals surface area contributed by atoms with E-state index >= 15 is 0 Å². The fraction of sp³-hybridized carbons (Fsp3) is 0.765. The Bertz CT molecular complexity index is 442. The van der Waals surface area contributed by atoms with E-state index in [1.807, 2.05) is 6.92 Å². The molecule has 1 rings (SSSR count). The quantitative estimate of drug-likeness (QED) is 0.837. The van der Waals surface area contributed by atoms with E-state index in [1.54, 1.807) is 0 Å². The van der Waals surface area contributed by atoms with Gasteiger partial charge in [0.2, 0.25) is 0 Å². The molecule has 0 saturated carbocycles. The molecular formula is C17H32N2O2. The number of hydrogen-bond donors (Lipinski definition) is 1. The van der Waals surface area contributed by atoms with Crippen molar-refractivity contribution in [1.29, 1.82) is 0 Å². The van der Waals surface area contributed by atoms with Gasteiger partial charge in [0.15, 0.2) is 0 Å². The Morgan fingerprint density at radius 1 is 1.19 bits per heavy atom. The third kappa shape index (κ3) is 6.20. The highest BCUT2D eigenvalue weighted by Crippen LogP contribution is 2.18. The third-order valence-electron chi connectivity index (χ3n) is 3.79. The highest BCUT2D eigenvalue weighted by molar-refractivity contribution is 5.20. The molecule has 0 spiro atoms. The van der Waals surface area contributed by atoms with Crippen LogP contribution < -0.4 is 5.32 Å². The maximum atomic E-state index is 5.80. The molecular weight excluding hydrogens is 264 g/mol. The molecule has 0 saturated heterocycles. The fourth-order valence-corrected chi connectivity index (χ4v) is 1.73. The summed E-state index contributed by atoms with van der Waals surface area (Å²) in [6, 6.07) is 2.09. The van der Waals surface area contributed by atoms with E-state index in [4.69, 9.17) is 9.15 Å². The molecule has 0 amide bonds. The van der Waals surface area contributed by atoms with Crippen LogP contribution in [0.4, 0.5) is 0 Å². The summed E-state index contributed by atoms with van der Waals surface area (Å²) in [5, 5.41) is 3.48. The lowest BCUT2D eigenvalue weighted by Gasteiger charge is -2.31. The van der Waals surface area contributed by atoms with Crippen molar-refractivity contribution in [2.24, 2.45) is 0 Å². The molecule has 1 aromatic rings. The number of nitrogens with zero attached hydrogens (tertiary/aromatic N) is 1. The lowest BCUT2D eigenvalue weighted by molar-refractivity contribution is 0.0207. The van der Waals surface area contributed by atoms with Crippen LogP contribution in [0.1, 0.15) is 51.7 Å². The molecule has 0 fully saturated rings. The molecule has 0 aliphatic heterocycles. The van der Waals surface area contributed by atoms with E-state index in [9.17, 15) is 0 Å². The SMILES string of the molecule is Cc1oc(COCC(C)(C)N(C)C)cc1CNC(C)(C)C. The van der Waals surface area contributed by atoms with Crippen LogP contribution in [0, 0.1) is 6.92 Å². The minimum Gasteiger partial charge on any atom is -0.464 e. The van der Waals surface area contributed by atoms with Crippen molar-refractivity contribution >= 4 is 0 Å². The Hall–Kier alpha value is -0.840. The minimum atomic E-state index is 0.0260. The number of rotatable bonds is 7. The number of hydrogen-bond acceptors (Lipinski definition) is 4. The normalized spacial score (nSPS) is 13.2. The summed E-state index contributed by atoms with van der Waals surface area (Å²) in [7, 11) is 4.13. The maximum absolute atomic E-state index is 5.80. The average molecular weight is 296 g/mol. The van der Waals surface area contributed by atoms with E-state index < -0.39 is 0 Å². The summed E-state index contributed by atoms with van der Waals surface area (Å²) < 4.78 is 11.6. The number of aryl methyl sites for hydroxylation is 1. The Kier molecular flexibility index (Phi) is 6.02. The molecule has 1 heterocycles. The van der Waals surface area contributed by atoms with Crippen LogP contribution in [0.15, 0.2) is 10.5 Å². The fourth-order valence-electron chi connectivity index (χ4n) is 1.73. The molecule has 21 heavy (non-hydrogen) atoms. The first-order valence-corrected chi connectivity index (χ1v) is 7.60. The van der Waals surface area contributed by atoms with E-state index in [-0.39, 0.29) is 11.1 Å². The average Bonchev–Trinajstić information content (AvgIpc) is 2.66. The second kappa shape index (κ2) is 6.95. The highest BCUT2D eigenvalue weighted by atomic mass is 16.5. The van der Waals surface area contributed by atoms with Crippen molar-refractivity contribution in [2.75, 3.05) is 20.7 Å². The van der Waals surface area contributed by atoms with Crippen molar-refractivity contribution in [3.63, 3.8) is 0 Å². The Morgan fingerprint density at radius 3 is 2.33 bits per heavy atom. The zero-order valence-electron chi connectivity index (χ0n) is 15.0. The van der Waals surface area contributed by atoms with Gasteiger partial charge in [-0.3, -0.25) is 0 Å².